The zero-order valence-electron chi connectivity index (χ0n) is 14.4. The van der Waals surface area contributed by atoms with Gasteiger partial charge in [0.05, 0.1) is 19.5 Å². The normalized spacial score (nSPS) is 17.8. The van der Waals surface area contributed by atoms with Gasteiger partial charge in [-0.25, -0.2) is 4.98 Å². The summed E-state index contributed by atoms with van der Waals surface area (Å²) in [5.41, 5.74) is 1.58. The third-order valence-corrected chi connectivity index (χ3v) is 4.97. The van der Waals surface area contributed by atoms with Crippen LogP contribution in [-0.2, 0) is 0 Å². The Kier molecular flexibility index (Phi) is 3.95. The molecule has 1 amide bonds. The Hall–Kier alpha value is -2.76. The van der Waals surface area contributed by atoms with Crippen molar-refractivity contribution >= 4 is 16.9 Å². The Bertz CT molecular complexity index is 898. The van der Waals surface area contributed by atoms with Crippen molar-refractivity contribution < 1.29 is 13.9 Å². The smallest absolute Gasteiger partial charge is 0.289 e. The fourth-order valence-electron chi connectivity index (χ4n) is 3.54. The van der Waals surface area contributed by atoms with Gasteiger partial charge in [0, 0.05) is 36.4 Å². The molecule has 0 unspecified atom stereocenters. The molecule has 130 valence electrons. The first-order chi connectivity index (χ1) is 12.2. The third kappa shape index (κ3) is 2.77. The van der Waals surface area contributed by atoms with Crippen LogP contribution in [0.1, 0.15) is 35.0 Å². The van der Waals surface area contributed by atoms with Crippen LogP contribution in [-0.4, -0.2) is 40.6 Å². The van der Waals surface area contributed by atoms with Crippen molar-refractivity contribution in [1.29, 1.82) is 0 Å². The number of methoxy groups -OCH3 is 1. The fraction of sp³-hybridized carbons (Fsp3) is 0.368. The number of furan rings is 1. The molecule has 3 heterocycles. The van der Waals surface area contributed by atoms with E-state index in [-0.39, 0.29) is 11.9 Å². The van der Waals surface area contributed by atoms with E-state index >= 15 is 0 Å². The lowest BCUT2D eigenvalue weighted by atomic mass is 10.0. The van der Waals surface area contributed by atoms with Crippen LogP contribution in [0.5, 0.6) is 5.75 Å². The number of ether oxygens (including phenoxy) is 1. The molecule has 6 nitrogen and oxygen atoms in total. The maximum absolute atomic E-state index is 13.0. The van der Waals surface area contributed by atoms with Crippen LogP contribution in [0.15, 0.2) is 41.3 Å². The molecule has 6 heteroatoms. The monoisotopic (exact) mass is 339 g/mol. The van der Waals surface area contributed by atoms with Crippen LogP contribution in [0.4, 0.5) is 0 Å². The van der Waals surface area contributed by atoms with Crippen molar-refractivity contribution in [2.75, 3.05) is 20.2 Å². The maximum atomic E-state index is 13.0. The molecule has 1 aliphatic heterocycles. The Morgan fingerprint density at radius 1 is 1.40 bits per heavy atom. The van der Waals surface area contributed by atoms with Crippen LogP contribution >= 0.6 is 0 Å². The lowest BCUT2D eigenvalue weighted by Gasteiger charge is -2.33. The van der Waals surface area contributed by atoms with Gasteiger partial charge in [-0.1, -0.05) is 0 Å². The number of likely N-dealkylation sites (tertiary alicyclic amines) is 1. The molecule has 0 N–H and O–H groups in total. The van der Waals surface area contributed by atoms with E-state index in [4.69, 9.17) is 9.15 Å². The Balaban J connectivity index is 1.62. The topological polar surface area (TPSA) is 60.5 Å². The molecule has 3 aromatic rings. The lowest BCUT2D eigenvalue weighted by molar-refractivity contribution is 0.0648. The van der Waals surface area contributed by atoms with E-state index in [1.54, 1.807) is 13.3 Å². The molecule has 0 spiro atoms. The highest BCUT2D eigenvalue weighted by atomic mass is 16.5. The molecule has 0 aliphatic carbocycles. The van der Waals surface area contributed by atoms with Gasteiger partial charge in [-0.15, -0.1) is 0 Å². The van der Waals surface area contributed by atoms with E-state index in [0.717, 1.165) is 36.1 Å². The van der Waals surface area contributed by atoms with Crippen LogP contribution < -0.4 is 4.74 Å². The van der Waals surface area contributed by atoms with Crippen LogP contribution in [0.3, 0.4) is 0 Å². The molecule has 0 saturated carbocycles. The molecular formula is C19H21N3O3. The maximum Gasteiger partial charge on any atom is 0.289 e. The number of aryl methyl sites for hydroxylation is 1. The fourth-order valence-corrected chi connectivity index (χ4v) is 3.54. The number of aromatic nitrogens is 2. The molecule has 25 heavy (non-hydrogen) atoms. The van der Waals surface area contributed by atoms with Gasteiger partial charge in [-0.3, -0.25) is 4.79 Å². The minimum absolute atomic E-state index is 0.0440. The quantitative estimate of drug-likeness (QED) is 0.733. The summed E-state index contributed by atoms with van der Waals surface area (Å²) in [5, 5.41) is 0.922. The summed E-state index contributed by atoms with van der Waals surface area (Å²) in [4.78, 5) is 19.0. The molecule has 2 aromatic heterocycles. The van der Waals surface area contributed by atoms with Crippen molar-refractivity contribution in [1.82, 2.24) is 14.5 Å². The molecule has 4 rings (SSSR count). The zero-order chi connectivity index (χ0) is 17.4. The number of carbonyl (C=O) groups is 1. The molecule has 1 aliphatic rings. The Labute approximate surface area is 146 Å². The Morgan fingerprint density at radius 2 is 2.28 bits per heavy atom. The molecule has 1 aromatic carbocycles. The predicted molar refractivity (Wildman–Crippen MR) is 93.9 cm³/mol. The standard InChI is InChI=1S/C19H21N3O3/c1-13-16-10-15(24-2)5-6-17(16)25-18(13)19(23)21-8-3-4-14(11-21)22-9-7-20-12-22/h5-7,9-10,12,14H,3-4,8,11H2,1-2H3/t14-/m0/s1. The van der Waals surface area contributed by atoms with Crippen molar-refractivity contribution in [3.05, 3.63) is 48.2 Å². The second kappa shape index (κ2) is 6.27. The van der Waals surface area contributed by atoms with Crippen molar-refractivity contribution in [3.8, 4) is 5.75 Å². The van der Waals surface area contributed by atoms with Crippen LogP contribution in [0, 0.1) is 6.92 Å². The summed E-state index contributed by atoms with van der Waals surface area (Å²) in [6, 6.07) is 5.87. The Morgan fingerprint density at radius 3 is 3.04 bits per heavy atom. The first kappa shape index (κ1) is 15.7. The van der Waals surface area contributed by atoms with Gasteiger partial charge in [-0.2, -0.15) is 0 Å². The highest BCUT2D eigenvalue weighted by Crippen LogP contribution is 2.31. The van der Waals surface area contributed by atoms with Gasteiger partial charge in [0.25, 0.3) is 5.91 Å². The summed E-state index contributed by atoms with van der Waals surface area (Å²) < 4.78 is 13.2. The second-order valence-electron chi connectivity index (χ2n) is 6.48. The van der Waals surface area contributed by atoms with Crippen LogP contribution in [0.25, 0.3) is 11.0 Å². The number of nitrogens with zero attached hydrogens (tertiary/aromatic N) is 3. The summed E-state index contributed by atoms with van der Waals surface area (Å²) in [6.07, 6.45) is 7.57. The minimum Gasteiger partial charge on any atom is -0.497 e. The predicted octanol–water partition coefficient (Wildman–Crippen LogP) is 3.42. The van der Waals surface area contributed by atoms with E-state index in [0.29, 0.717) is 17.9 Å². The van der Waals surface area contributed by atoms with Crippen molar-refractivity contribution in [3.63, 3.8) is 0 Å². The van der Waals surface area contributed by atoms with E-state index in [9.17, 15) is 4.79 Å². The number of amides is 1. The average Bonchev–Trinajstić information content (AvgIpc) is 3.30. The van der Waals surface area contributed by atoms with Crippen LogP contribution in [0.2, 0.25) is 0 Å². The third-order valence-electron chi connectivity index (χ3n) is 4.97. The summed E-state index contributed by atoms with van der Waals surface area (Å²) in [6.45, 7) is 3.36. The number of hydrogen-bond acceptors (Lipinski definition) is 4. The highest BCUT2D eigenvalue weighted by Gasteiger charge is 2.28. The first-order valence-electron chi connectivity index (χ1n) is 8.51. The molecule has 0 radical (unpaired) electrons. The van der Waals surface area contributed by atoms with Gasteiger partial charge in [0.1, 0.15) is 11.3 Å². The van der Waals surface area contributed by atoms with Gasteiger partial charge in [0.15, 0.2) is 5.76 Å². The molecule has 0 bridgehead atoms. The van der Waals surface area contributed by atoms with E-state index in [1.165, 1.54) is 0 Å². The second-order valence-corrected chi connectivity index (χ2v) is 6.48. The lowest BCUT2D eigenvalue weighted by Crippen LogP contribution is -2.40. The number of benzene rings is 1. The number of carbonyl (C=O) groups excluding carboxylic acids is 1. The van der Waals surface area contributed by atoms with Gasteiger partial charge in [-0.05, 0) is 38.0 Å². The SMILES string of the molecule is COc1ccc2oc(C(=O)N3CCC[C@H](n4ccnc4)C3)c(C)c2c1. The van der Waals surface area contributed by atoms with E-state index in [2.05, 4.69) is 9.55 Å². The summed E-state index contributed by atoms with van der Waals surface area (Å²) in [7, 11) is 1.63. The van der Waals surface area contributed by atoms with E-state index < -0.39 is 0 Å². The summed E-state index contributed by atoms with van der Waals surface area (Å²) >= 11 is 0. The molecule has 1 saturated heterocycles. The first-order valence-corrected chi connectivity index (χ1v) is 8.51. The summed E-state index contributed by atoms with van der Waals surface area (Å²) in [5.74, 6) is 1.14. The number of fused-ring (bicyclic) bond motifs is 1. The van der Waals surface area contributed by atoms with Crippen molar-refractivity contribution in [2.24, 2.45) is 0 Å². The van der Waals surface area contributed by atoms with Gasteiger partial charge in [0.2, 0.25) is 0 Å². The number of hydrogen-bond donors (Lipinski definition) is 0. The minimum atomic E-state index is -0.0440. The molecule has 1 fully saturated rings. The number of piperidine rings is 1. The number of rotatable bonds is 3. The average molecular weight is 339 g/mol. The van der Waals surface area contributed by atoms with E-state index in [1.807, 2.05) is 42.5 Å². The highest BCUT2D eigenvalue weighted by molar-refractivity contribution is 5.99. The number of imidazole rings is 1. The largest absolute Gasteiger partial charge is 0.497 e. The van der Waals surface area contributed by atoms with Gasteiger partial charge >= 0.3 is 0 Å². The van der Waals surface area contributed by atoms with Gasteiger partial charge < -0.3 is 18.6 Å². The molecular weight excluding hydrogens is 318 g/mol. The zero-order valence-corrected chi connectivity index (χ0v) is 14.4. The molecule has 1 atom stereocenters. The van der Waals surface area contributed by atoms with Crippen molar-refractivity contribution in [2.45, 2.75) is 25.8 Å².